The van der Waals surface area contributed by atoms with Gasteiger partial charge in [-0.2, -0.15) is 0 Å². The molecule has 0 radical (unpaired) electrons. The number of aromatic nitrogens is 2. The fourth-order valence-corrected chi connectivity index (χ4v) is 1.48. The van der Waals surface area contributed by atoms with Crippen LogP contribution in [-0.2, 0) is 0 Å². The SMILES string of the molecule is Cc1cc(NC(=O)N[C@@H](C)c2ccccn2)no1. The lowest BCUT2D eigenvalue weighted by Crippen LogP contribution is -2.31. The molecule has 2 rings (SSSR count). The number of pyridine rings is 1. The van der Waals surface area contributed by atoms with Crippen molar-refractivity contribution in [2.75, 3.05) is 5.32 Å². The van der Waals surface area contributed by atoms with Crippen LogP contribution in [0.3, 0.4) is 0 Å². The highest BCUT2D eigenvalue weighted by molar-refractivity contribution is 5.88. The van der Waals surface area contributed by atoms with Crippen LogP contribution in [-0.4, -0.2) is 16.2 Å². The Hall–Kier alpha value is -2.37. The smallest absolute Gasteiger partial charge is 0.321 e. The van der Waals surface area contributed by atoms with E-state index in [1.54, 1.807) is 19.2 Å². The highest BCUT2D eigenvalue weighted by Gasteiger charge is 2.11. The molecule has 0 aliphatic heterocycles. The van der Waals surface area contributed by atoms with Crippen molar-refractivity contribution >= 4 is 11.8 Å². The van der Waals surface area contributed by atoms with E-state index in [1.807, 2.05) is 25.1 Å². The maximum absolute atomic E-state index is 11.7. The number of carbonyl (C=O) groups excluding carboxylic acids is 1. The Labute approximate surface area is 104 Å². The molecule has 1 atom stereocenters. The number of carbonyl (C=O) groups is 1. The van der Waals surface area contributed by atoms with E-state index >= 15 is 0 Å². The monoisotopic (exact) mass is 246 g/mol. The van der Waals surface area contributed by atoms with Crippen molar-refractivity contribution in [1.82, 2.24) is 15.5 Å². The Morgan fingerprint density at radius 1 is 1.44 bits per heavy atom. The summed E-state index contributed by atoms with van der Waals surface area (Å²) < 4.78 is 4.85. The predicted octanol–water partition coefficient (Wildman–Crippen LogP) is 2.26. The van der Waals surface area contributed by atoms with E-state index in [0.29, 0.717) is 11.6 Å². The van der Waals surface area contributed by atoms with Crippen LogP contribution in [0.2, 0.25) is 0 Å². The number of nitrogens with one attached hydrogen (secondary N) is 2. The number of anilines is 1. The van der Waals surface area contributed by atoms with Gasteiger partial charge in [0.15, 0.2) is 5.82 Å². The van der Waals surface area contributed by atoms with Gasteiger partial charge in [-0.05, 0) is 26.0 Å². The Kier molecular flexibility index (Phi) is 3.57. The molecule has 2 amide bonds. The molecule has 0 aliphatic carbocycles. The van der Waals surface area contributed by atoms with Crippen LogP contribution in [0.15, 0.2) is 35.0 Å². The molecule has 2 aromatic rings. The van der Waals surface area contributed by atoms with E-state index in [2.05, 4.69) is 20.8 Å². The molecule has 2 N–H and O–H groups in total. The zero-order valence-corrected chi connectivity index (χ0v) is 10.2. The summed E-state index contributed by atoms with van der Waals surface area (Å²) in [5.41, 5.74) is 0.795. The van der Waals surface area contributed by atoms with Crippen LogP contribution in [0.5, 0.6) is 0 Å². The number of aryl methyl sites for hydroxylation is 1. The van der Waals surface area contributed by atoms with Crippen LogP contribution in [0, 0.1) is 6.92 Å². The van der Waals surface area contributed by atoms with Gasteiger partial charge in [0.25, 0.3) is 0 Å². The first-order valence-electron chi connectivity index (χ1n) is 5.57. The predicted molar refractivity (Wildman–Crippen MR) is 66.0 cm³/mol. The lowest BCUT2D eigenvalue weighted by Gasteiger charge is -2.12. The summed E-state index contributed by atoms with van der Waals surface area (Å²) in [4.78, 5) is 15.8. The Balaban J connectivity index is 1.92. The molecular formula is C12H14N4O2. The van der Waals surface area contributed by atoms with Gasteiger partial charge >= 0.3 is 6.03 Å². The van der Waals surface area contributed by atoms with Gasteiger partial charge in [-0.3, -0.25) is 10.3 Å². The summed E-state index contributed by atoms with van der Waals surface area (Å²) in [6.07, 6.45) is 1.69. The highest BCUT2D eigenvalue weighted by Crippen LogP contribution is 2.10. The van der Waals surface area contributed by atoms with E-state index in [0.717, 1.165) is 5.69 Å². The minimum absolute atomic E-state index is 0.181. The van der Waals surface area contributed by atoms with E-state index in [1.165, 1.54) is 0 Å². The number of urea groups is 1. The summed E-state index contributed by atoms with van der Waals surface area (Å²) in [6.45, 7) is 3.61. The Morgan fingerprint density at radius 3 is 2.89 bits per heavy atom. The number of hydrogen-bond acceptors (Lipinski definition) is 4. The number of nitrogens with zero attached hydrogens (tertiary/aromatic N) is 2. The second kappa shape index (κ2) is 5.31. The topological polar surface area (TPSA) is 80.0 Å². The van der Waals surface area contributed by atoms with Crippen molar-refractivity contribution < 1.29 is 9.32 Å². The first kappa shape index (κ1) is 12.1. The van der Waals surface area contributed by atoms with Gasteiger partial charge in [-0.15, -0.1) is 0 Å². The fourth-order valence-electron chi connectivity index (χ4n) is 1.48. The van der Waals surface area contributed by atoms with Gasteiger partial charge in [0.1, 0.15) is 5.76 Å². The van der Waals surface area contributed by atoms with Crippen LogP contribution in [0.4, 0.5) is 10.6 Å². The van der Waals surface area contributed by atoms with Crippen molar-refractivity contribution in [2.24, 2.45) is 0 Å². The fraction of sp³-hybridized carbons (Fsp3) is 0.250. The van der Waals surface area contributed by atoms with Gasteiger partial charge in [-0.25, -0.2) is 4.79 Å². The van der Waals surface area contributed by atoms with Gasteiger partial charge in [0, 0.05) is 12.3 Å². The molecule has 0 aliphatic rings. The molecular weight excluding hydrogens is 232 g/mol. The van der Waals surface area contributed by atoms with E-state index < -0.39 is 0 Å². The minimum Gasteiger partial charge on any atom is -0.360 e. The molecule has 18 heavy (non-hydrogen) atoms. The Morgan fingerprint density at radius 2 is 2.28 bits per heavy atom. The molecule has 0 aromatic carbocycles. The third-order valence-corrected chi connectivity index (χ3v) is 2.35. The molecule has 2 heterocycles. The molecule has 0 saturated carbocycles. The maximum Gasteiger partial charge on any atom is 0.321 e. The van der Waals surface area contributed by atoms with Crippen molar-refractivity contribution in [3.63, 3.8) is 0 Å². The van der Waals surface area contributed by atoms with Gasteiger partial charge in [-0.1, -0.05) is 11.2 Å². The van der Waals surface area contributed by atoms with Crippen LogP contribution < -0.4 is 10.6 Å². The number of amides is 2. The summed E-state index contributed by atoms with van der Waals surface area (Å²) in [6, 6.07) is 6.67. The second-order valence-electron chi connectivity index (χ2n) is 3.90. The standard InChI is InChI=1S/C12H14N4O2/c1-8-7-11(16-18-8)15-12(17)14-9(2)10-5-3-4-6-13-10/h3-7,9H,1-2H3,(H2,14,15,16,17)/t9-/m0/s1. The first-order valence-corrected chi connectivity index (χ1v) is 5.57. The maximum atomic E-state index is 11.7. The minimum atomic E-state index is -0.346. The van der Waals surface area contributed by atoms with Crippen molar-refractivity contribution in [2.45, 2.75) is 19.9 Å². The summed E-state index contributed by atoms with van der Waals surface area (Å²) in [5, 5.41) is 9.01. The van der Waals surface area contributed by atoms with Crippen LogP contribution in [0.1, 0.15) is 24.4 Å². The zero-order chi connectivity index (χ0) is 13.0. The first-order chi connectivity index (χ1) is 8.65. The molecule has 0 fully saturated rings. The third-order valence-electron chi connectivity index (χ3n) is 2.35. The van der Waals surface area contributed by atoms with Gasteiger partial charge in [0.2, 0.25) is 0 Å². The summed E-state index contributed by atoms with van der Waals surface area (Å²) in [5.74, 6) is 1.03. The van der Waals surface area contributed by atoms with Crippen molar-refractivity contribution in [3.8, 4) is 0 Å². The molecule has 0 spiro atoms. The van der Waals surface area contributed by atoms with E-state index in [-0.39, 0.29) is 12.1 Å². The van der Waals surface area contributed by atoms with Crippen molar-refractivity contribution in [1.29, 1.82) is 0 Å². The summed E-state index contributed by atoms with van der Waals surface area (Å²) in [7, 11) is 0. The second-order valence-corrected chi connectivity index (χ2v) is 3.90. The largest absolute Gasteiger partial charge is 0.360 e. The normalized spacial score (nSPS) is 11.9. The van der Waals surface area contributed by atoms with Crippen LogP contribution >= 0.6 is 0 Å². The zero-order valence-electron chi connectivity index (χ0n) is 10.2. The molecule has 0 saturated heterocycles. The quantitative estimate of drug-likeness (QED) is 0.870. The van der Waals surface area contributed by atoms with Crippen molar-refractivity contribution in [3.05, 3.63) is 41.9 Å². The molecule has 94 valence electrons. The molecule has 0 unspecified atom stereocenters. The highest BCUT2D eigenvalue weighted by atomic mass is 16.5. The van der Waals surface area contributed by atoms with E-state index in [4.69, 9.17) is 4.52 Å². The molecule has 0 bridgehead atoms. The third kappa shape index (κ3) is 3.07. The molecule has 6 heteroatoms. The molecule has 2 aromatic heterocycles. The van der Waals surface area contributed by atoms with Gasteiger partial charge < -0.3 is 9.84 Å². The Bertz CT molecular complexity index is 524. The number of hydrogen-bond donors (Lipinski definition) is 2. The number of rotatable bonds is 3. The van der Waals surface area contributed by atoms with E-state index in [9.17, 15) is 4.79 Å². The van der Waals surface area contributed by atoms with Crippen LogP contribution in [0.25, 0.3) is 0 Å². The lowest BCUT2D eigenvalue weighted by molar-refractivity contribution is 0.249. The summed E-state index contributed by atoms with van der Waals surface area (Å²) >= 11 is 0. The van der Waals surface area contributed by atoms with Gasteiger partial charge in [0.05, 0.1) is 11.7 Å². The lowest BCUT2D eigenvalue weighted by atomic mass is 10.2. The average Bonchev–Trinajstić information content (AvgIpc) is 2.75. The molecule has 6 nitrogen and oxygen atoms in total. The average molecular weight is 246 g/mol.